The maximum Gasteiger partial charge on any atom is 0.345 e. The normalized spacial score (nSPS) is 41.0. The summed E-state index contributed by atoms with van der Waals surface area (Å²) in [4.78, 5) is 29.6. The summed E-state index contributed by atoms with van der Waals surface area (Å²) in [5.41, 5.74) is 6.74. The van der Waals surface area contributed by atoms with E-state index in [1.54, 1.807) is 0 Å². The highest BCUT2D eigenvalue weighted by atomic mass is 16.3. The number of nitrogens with one attached hydrogen (secondary N) is 2. The van der Waals surface area contributed by atoms with E-state index in [1.165, 1.54) is 25.5 Å². The van der Waals surface area contributed by atoms with Crippen molar-refractivity contribution in [2.45, 2.75) is 77.2 Å². The average Bonchev–Trinajstić information content (AvgIpc) is 3.45. The first-order chi connectivity index (χ1) is 16.2. The topological polar surface area (TPSA) is 132 Å². The molecule has 1 aromatic heterocycles. The van der Waals surface area contributed by atoms with Crippen molar-refractivity contribution in [1.29, 1.82) is 5.53 Å². The van der Waals surface area contributed by atoms with E-state index in [9.17, 15) is 14.7 Å². The number of aromatic nitrogens is 1. The third-order valence-electron chi connectivity index (χ3n) is 9.97. The summed E-state index contributed by atoms with van der Waals surface area (Å²) in [5, 5.41) is 17.2. The Kier molecular flexibility index (Phi) is 6.02. The van der Waals surface area contributed by atoms with Crippen LogP contribution in [0.5, 0.6) is 0 Å². The number of ketones is 1. The van der Waals surface area contributed by atoms with Crippen LogP contribution in [0.15, 0.2) is 22.3 Å². The van der Waals surface area contributed by atoms with E-state index in [0.29, 0.717) is 17.8 Å². The highest BCUT2D eigenvalue weighted by molar-refractivity contribution is 5.94. The molecule has 186 valence electrons. The largest absolute Gasteiger partial charge is 0.449 e. The van der Waals surface area contributed by atoms with E-state index in [0.717, 1.165) is 61.8 Å². The first kappa shape index (κ1) is 23.5. The summed E-state index contributed by atoms with van der Waals surface area (Å²) in [5.74, 6) is 3.49. The fraction of sp³-hybridized carbons (Fsp3) is 0.800. The number of aliphatic hydroxyl groups is 1. The van der Waals surface area contributed by atoms with Gasteiger partial charge in [-0.05, 0) is 99.7 Å². The summed E-state index contributed by atoms with van der Waals surface area (Å²) < 4.78 is 4.86. The minimum Gasteiger partial charge on any atom is -0.449 e. The lowest BCUT2D eigenvalue weighted by Gasteiger charge is -2.56. The molecule has 4 aliphatic carbocycles. The Bertz CT molecular complexity index is 934. The second-order valence-corrected chi connectivity index (χ2v) is 11.7. The maximum atomic E-state index is 13.3. The van der Waals surface area contributed by atoms with Gasteiger partial charge in [-0.15, -0.1) is 5.01 Å². The third-order valence-corrected chi connectivity index (χ3v) is 9.97. The maximum absolute atomic E-state index is 13.3. The number of Topliss-reactive ketones (excluding diaryl/α,β-unsaturated/α-hetero) is 1. The number of carbonyl (C=O) groups excluding carboxylic acids is 2. The smallest absolute Gasteiger partial charge is 0.345 e. The van der Waals surface area contributed by atoms with Gasteiger partial charge >= 0.3 is 6.03 Å². The predicted molar refractivity (Wildman–Crippen MR) is 124 cm³/mol. The van der Waals surface area contributed by atoms with Crippen molar-refractivity contribution in [2.75, 3.05) is 11.6 Å². The van der Waals surface area contributed by atoms with Crippen molar-refractivity contribution < 1.29 is 19.1 Å². The number of amides is 2. The monoisotopic (exact) mass is 471 g/mol. The van der Waals surface area contributed by atoms with Crippen molar-refractivity contribution >= 4 is 17.6 Å². The number of urea groups is 1. The van der Waals surface area contributed by atoms with Gasteiger partial charge in [-0.1, -0.05) is 12.1 Å². The second kappa shape index (κ2) is 8.73. The average molecular weight is 472 g/mol. The molecule has 1 heterocycles. The van der Waals surface area contributed by atoms with Crippen LogP contribution in [0, 0.1) is 46.5 Å². The zero-order valence-corrected chi connectivity index (χ0v) is 20.2. The molecule has 2 amide bonds. The zero-order chi connectivity index (χ0) is 24.1. The number of carbonyl (C=O) groups is 2. The molecule has 9 heteroatoms. The van der Waals surface area contributed by atoms with Crippen LogP contribution in [0.1, 0.15) is 71.6 Å². The van der Waals surface area contributed by atoms with Gasteiger partial charge in [0, 0.05) is 5.92 Å². The third kappa shape index (κ3) is 3.95. The molecular weight excluding hydrogens is 434 g/mol. The molecule has 0 saturated heterocycles. The van der Waals surface area contributed by atoms with E-state index >= 15 is 0 Å². The van der Waals surface area contributed by atoms with Crippen LogP contribution < -0.4 is 10.3 Å². The number of hydrogen-bond acceptors (Lipinski definition) is 7. The van der Waals surface area contributed by atoms with Crippen LogP contribution in [0.3, 0.4) is 0 Å². The second-order valence-electron chi connectivity index (χ2n) is 11.7. The lowest BCUT2D eigenvalue weighted by Crippen LogP contribution is -2.51. The van der Waals surface area contributed by atoms with E-state index in [2.05, 4.69) is 22.4 Å². The first-order valence-electron chi connectivity index (χ1n) is 12.8. The summed E-state index contributed by atoms with van der Waals surface area (Å²) in [6.45, 7) is 4.25. The Labute approximate surface area is 200 Å². The predicted octanol–water partition coefficient (Wildman–Crippen LogP) is 4.73. The molecular formula is C25H37N5O4. The standard InChI is InChI=1S/C25H37N5O4/c1-24(33)9-7-16-15(11-24)3-4-18-17(16)8-10-25(2)19(18)5-6-20(25)21(31)12-27-23(32)30(29-26)22-13-34-14-28-22/h13-20,26,33H,3-12H2,1-2H3,(H,27,32)/t15-,16+,17-,18?,19+,20-,24-,25+/m1/s1. The van der Waals surface area contributed by atoms with Crippen LogP contribution in [0.4, 0.5) is 10.6 Å². The highest BCUT2D eigenvalue weighted by Gasteiger charge is 2.58. The molecule has 34 heavy (non-hydrogen) atoms. The molecule has 4 aliphatic rings. The Morgan fingerprint density at radius 3 is 2.71 bits per heavy atom. The summed E-state index contributed by atoms with van der Waals surface area (Å²) >= 11 is 0. The fourth-order valence-corrected chi connectivity index (χ4v) is 8.48. The first-order valence-corrected chi connectivity index (χ1v) is 12.8. The molecule has 0 radical (unpaired) electrons. The van der Waals surface area contributed by atoms with E-state index < -0.39 is 11.6 Å². The summed E-state index contributed by atoms with van der Waals surface area (Å²) in [6.07, 6.45) is 12.0. The molecule has 5 rings (SSSR count). The minimum absolute atomic E-state index is 0.0123. The minimum atomic E-state index is -0.660. The molecule has 0 aromatic carbocycles. The van der Waals surface area contributed by atoms with E-state index in [4.69, 9.17) is 9.95 Å². The molecule has 3 N–H and O–H groups in total. The summed E-state index contributed by atoms with van der Waals surface area (Å²) in [7, 11) is 0. The number of hydrogen-bond donors (Lipinski definition) is 3. The lowest BCUT2D eigenvalue weighted by atomic mass is 9.49. The van der Waals surface area contributed by atoms with Gasteiger partial charge in [0.25, 0.3) is 0 Å². The van der Waals surface area contributed by atoms with Crippen molar-refractivity contribution in [3.05, 3.63) is 12.7 Å². The van der Waals surface area contributed by atoms with Gasteiger partial charge in [0.2, 0.25) is 0 Å². The van der Waals surface area contributed by atoms with Gasteiger partial charge in [-0.25, -0.2) is 4.79 Å². The summed E-state index contributed by atoms with van der Waals surface area (Å²) in [6, 6.07) is -0.660. The number of oxazole rings is 1. The van der Waals surface area contributed by atoms with Crippen LogP contribution >= 0.6 is 0 Å². The number of rotatable bonds is 5. The molecule has 1 unspecified atom stereocenters. The van der Waals surface area contributed by atoms with Gasteiger partial charge in [0.05, 0.1) is 12.1 Å². The molecule has 0 bridgehead atoms. The van der Waals surface area contributed by atoms with Crippen LogP contribution in [0.2, 0.25) is 0 Å². The van der Waals surface area contributed by atoms with Gasteiger partial charge in [-0.2, -0.15) is 10.5 Å². The van der Waals surface area contributed by atoms with Crippen molar-refractivity contribution in [3.63, 3.8) is 0 Å². The van der Waals surface area contributed by atoms with Crippen molar-refractivity contribution in [3.8, 4) is 0 Å². The van der Waals surface area contributed by atoms with Gasteiger partial charge in [0.15, 0.2) is 18.0 Å². The highest BCUT2D eigenvalue weighted by Crippen LogP contribution is 2.64. The van der Waals surface area contributed by atoms with Gasteiger partial charge in [-0.3, -0.25) is 4.79 Å². The Morgan fingerprint density at radius 1 is 1.18 bits per heavy atom. The quantitative estimate of drug-likeness (QED) is 0.422. The molecule has 4 fully saturated rings. The van der Waals surface area contributed by atoms with Crippen molar-refractivity contribution in [1.82, 2.24) is 10.3 Å². The van der Waals surface area contributed by atoms with E-state index in [1.807, 2.05) is 6.92 Å². The van der Waals surface area contributed by atoms with Crippen LogP contribution in [0.25, 0.3) is 0 Å². The SMILES string of the molecule is C[C@@]1(O)CC[C@H]2[C@H](CCC3[C@@H]2CC[C@]2(C)[C@@H](C(=O)CNC(=O)N(N=N)c4cocn4)CC[C@@H]32)C1. The Hall–Kier alpha value is -2.29. The molecule has 0 spiro atoms. The molecule has 8 atom stereocenters. The molecule has 4 saturated carbocycles. The van der Waals surface area contributed by atoms with Crippen LogP contribution in [-0.4, -0.2) is 34.1 Å². The van der Waals surface area contributed by atoms with E-state index in [-0.39, 0.29) is 29.5 Å². The van der Waals surface area contributed by atoms with Crippen molar-refractivity contribution in [2.24, 2.45) is 46.1 Å². The van der Waals surface area contributed by atoms with Gasteiger partial charge in [0.1, 0.15) is 6.26 Å². The Morgan fingerprint density at radius 2 is 1.97 bits per heavy atom. The number of anilines is 1. The number of nitrogens with zero attached hydrogens (tertiary/aromatic N) is 3. The fourth-order valence-electron chi connectivity index (χ4n) is 8.48. The number of fused-ring (bicyclic) bond motifs is 5. The van der Waals surface area contributed by atoms with Crippen LogP contribution in [-0.2, 0) is 4.79 Å². The lowest BCUT2D eigenvalue weighted by molar-refractivity contribution is -0.131. The molecule has 9 nitrogen and oxygen atoms in total. The molecule has 1 aromatic rings. The molecule has 0 aliphatic heterocycles. The van der Waals surface area contributed by atoms with Gasteiger partial charge < -0.3 is 14.8 Å². The Balaban J connectivity index is 1.22. The zero-order valence-electron chi connectivity index (χ0n) is 20.2.